The quantitative estimate of drug-likeness (QED) is 0.655. The highest BCUT2D eigenvalue weighted by Crippen LogP contribution is 2.20. The fourth-order valence-electron chi connectivity index (χ4n) is 0.906. The number of nitrogens with zero attached hydrogens (tertiary/aromatic N) is 1. The van der Waals surface area contributed by atoms with Crippen molar-refractivity contribution in [2.45, 2.75) is 0 Å². The molecular weight excluding hydrogens is 285 g/mol. The first-order valence-electron chi connectivity index (χ1n) is 4.62. The number of methoxy groups -OCH3 is 1. The van der Waals surface area contributed by atoms with Crippen LogP contribution in [0.25, 0.3) is 0 Å². The zero-order chi connectivity index (χ0) is 13.5. The number of amides is 2. The number of ether oxygens (including phenoxy) is 2. The molecule has 0 aliphatic rings. The molecule has 2 N–H and O–H groups in total. The van der Waals surface area contributed by atoms with Crippen molar-refractivity contribution in [2.24, 2.45) is 0 Å². The van der Waals surface area contributed by atoms with Gasteiger partial charge in [-0.3, -0.25) is 0 Å². The molecule has 0 atom stereocenters. The van der Waals surface area contributed by atoms with Crippen LogP contribution in [0.2, 0.25) is 10.3 Å². The van der Waals surface area contributed by atoms with Crippen LogP contribution < -0.4 is 15.4 Å². The van der Waals surface area contributed by atoms with Gasteiger partial charge in [0, 0.05) is 12.1 Å². The molecule has 0 radical (unpaired) electrons. The van der Waals surface area contributed by atoms with E-state index in [0.29, 0.717) is 0 Å². The van der Waals surface area contributed by atoms with Crippen LogP contribution in [-0.2, 0) is 4.74 Å². The summed E-state index contributed by atoms with van der Waals surface area (Å²) in [6.07, 6.45) is -1.46. The Kier molecular flexibility index (Phi) is 5.47. The molecule has 0 aliphatic heterocycles. The van der Waals surface area contributed by atoms with Gasteiger partial charge in [-0.1, -0.05) is 23.2 Å². The highest BCUT2D eigenvalue weighted by molar-refractivity contribution is 6.32. The van der Waals surface area contributed by atoms with Gasteiger partial charge in [0.25, 0.3) is 0 Å². The third-order valence-corrected chi connectivity index (χ3v) is 1.98. The molecule has 0 fully saturated rings. The first-order chi connectivity index (χ1) is 8.51. The van der Waals surface area contributed by atoms with E-state index in [1.54, 1.807) is 0 Å². The van der Waals surface area contributed by atoms with Gasteiger partial charge in [0.2, 0.25) is 0 Å². The lowest BCUT2D eigenvalue weighted by Crippen LogP contribution is -2.38. The Balaban J connectivity index is 2.42. The van der Waals surface area contributed by atoms with Gasteiger partial charge in [-0.2, -0.15) is 0 Å². The number of aromatic nitrogens is 1. The Morgan fingerprint density at radius 2 is 1.78 bits per heavy atom. The molecule has 0 aromatic carbocycles. The van der Waals surface area contributed by atoms with E-state index in [9.17, 15) is 9.59 Å². The largest absolute Gasteiger partial charge is 0.453 e. The second-order valence-corrected chi connectivity index (χ2v) is 3.63. The monoisotopic (exact) mass is 293 g/mol. The number of hydrogen-bond acceptors (Lipinski definition) is 5. The lowest BCUT2D eigenvalue weighted by atomic mass is 10.4. The minimum absolute atomic E-state index is 0.0954. The van der Waals surface area contributed by atoms with E-state index in [4.69, 9.17) is 27.9 Å². The molecule has 0 bridgehead atoms. The lowest BCUT2D eigenvalue weighted by Gasteiger charge is -2.07. The molecule has 0 unspecified atom stereocenters. The number of hydrogen-bond donors (Lipinski definition) is 2. The Morgan fingerprint density at radius 1 is 1.22 bits per heavy atom. The smallest absolute Gasteiger partial charge is 0.413 e. The molecule has 2 amide bonds. The number of nitrogens with one attached hydrogen (secondary N) is 2. The standard InChI is InChI=1S/C9H9Cl2N3O4/c1-17-8(15)12-4-13-9(16)18-5-2-6(10)14-7(11)3-5/h2-3H,4H2,1H3,(H,12,15)(H,13,16). The van der Waals surface area contributed by atoms with Crippen LogP contribution in [0.4, 0.5) is 9.59 Å². The molecule has 1 rings (SSSR count). The van der Waals surface area contributed by atoms with Gasteiger partial charge in [-0.05, 0) is 0 Å². The average molecular weight is 294 g/mol. The summed E-state index contributed by atoms with van der Waals surface area (Å²) in [5.41, 5.74) is 0. The van der Waals surface area contributed by atoms with E-state index in [1.165, 1.54) is 19.2 Å². The van der Waals surface area contributed by atoms with Gasteiger partial charge in [0.1, 0.15) is 16.1 Å². The van der Waals surface area contributed by atoms with Crippen LogP contribution in [0.1, 0.15) is 0 Å². The van der Waals surface area contributed by atoms with E-state index in [1.807, 2.05) is 0 Å². The summed E-state index contributed by atoms with van der Waals surface area (Å²) in [5.74, 6) is 0.135. The predicted octanol–water partition coefficient (Wildman–Crippen LogP) is 1.79. The van der Waals surface area contributed by atoms with Crippen LogP contribution >= 0.6 is 23.2 Å². The van der Waals surface area contributed by atoms with Gasteiger partial charge >= 0.3 is 12.2 Å². The Morgan fingerprint density at radius 3 is 2.33 bits per heavy atom. The summed E-state index contributed by atoms with van der Waals surface area (Å²) in [7, 11) is 1.20. The van der Waals surface area contributed by atoms with Crippen molar-refractivity contribution in [1.29, 1.82) is 0 Å². The summed E-state index contributed by atoms with van der Waals surface area (Å²) < 4.78 is 9.14. The van der Waals surface area contributed by atoms with Crippen molar-refractivity contribution in [3.8, 4) is 5.75 Å². The first-order valence-corrected chi connectivity index (χ1v) is 5.37. The van der Waals surface area contributed by atoms with Crippen LogP contribution in [0.5, 0.6) is 5.75 Å². The van der Waals surface area contributed by atoms with Crippen molar-refractivity contribution in [1.82, 2.24) is 15.6 Å². The third kappa shape index (κ3) is 5.07. The Labute approximate surface area is 112 Å². The summed E-state index contributed by atoms with van der Waals surface area (Å²) in [6.45, 7) is -0.141. The van der Waals surface area contributed by atoms with Crippen molar-refractivity contribution in [3.63, 3.8) is 0 Å². The van der Waals surface area contributed by atoms with Crippen LogP contribution in [0.3, 0.4) is 0 Å². The fourth-order valence-corrected chi connectivity index (χ4v) is 1.35. The normalized spacial score (nSPS) is 9.50. The van der Waals surface area contributed by atoms with Crippen molar-refractivity contribution in [2.75, 3.05) is 13.8 Å². The minimum Gasteiger partial charge on any atom is -0.453 e. The van der Waals surface area contributed by atoms with E-state index in [2.05, 4.69) is 20.4 Å². The van der Waals surface area contributed by atoms with Gasteiger partial charge in [0.05, 0.1) is 13.8 Å². The maximum atomic E-state index is 11.3. The highest BCUT2D eigenvalue weighted by Gasteiger charge is 2.07. The third-order valence-electron chi connectivity index (χ3n) is 1.60. The molecule has 98 valence electrons. The van der Waals surface area contributed by atoms with Crippen molar-refractivity contribution in [3.05, 3.63) is 22.4 Å². The zero-order valence-corrected chi connectivity index (χ0v) is 10.7. The number of carbonyl (C=O) groups excluding carboxylic acids is 2. The SMILES string of the molecule is COC(=O)NCNC(=O)Oc1cc(Cl)nc(Cl)c1. The number of pyridine rings is 1. The van der Waals surface area contributed by atoms with E-state index in [-0.39, 0.29) is 22.7 Å². The van der Waals surface area contributed by atoms with E-state index < -0.39 is 12.2 Å². The van der Waals surface area contributed by atoms with Crippen molar-refractivity contribution < 1.29 is 19.1 Å². The summed E-state index contributed by atoms with van der Waals surface area (Å²) in [4.78, 5) is 25.6. The van der Waals surface area contributed by atoms with Crippen LogP contribution in [0.15, 0.2) is 12.1 Å². The van der Waals surface area contributed by atoms with E-state index in [0.717, 1.165) is 0 Å². The molecule has 1 aromatic heterocycles. The lowest BCUT2D eigenvalue weighted by molar-refractivity contribution is 0.169. The number of rotatable bonds is 3. The summed E-state index contributed by atoms with van der Waals surface area (Å²) in [5, 5.41) is 4.68. The van der Waals surface area contributed by atoms with E-state index >= 15 is 0 Å². The summed E-state index contributed by atoms with van der Waals surface area (Å²) >= 11 is 11.2. The number of halogens is 2. The summed E-state index contributed by atoms with van der Waals surface area (Å²) in [6, 6.07) is 2.64. The highest BCUT2D eigenvalue weighted by atomic mass is 35.5. The first kappa shape index (κ1) is 14.3. The fraction of sp³-hybridized carbons (Fsp3) is 0.222. The molecule has 0 saturated carbocycles. The second-order valence-electron chi connectivity index (χ2n) is 2.86. The molecule has 0 aliphatic carbocycles. The van der Waals surface area contributed by atoms with Gasteiger partial charge in [-0.15, -0.1) is 0 Å². The zero-order valence-electron chi connectivity index (χ0n) is 9.20. The average Bonchev–Trinajstić information content (AvgIpc) is 2.27. The number of carbonyl (C=O) groups is 2. The maximum Gasteiger partial charge on any atom is 0.413 e. The molecule has 1 heterocycles. The Bertz CT molecular complexity index is 435. The van der Waals surface area contributed by atoms with Gasteiger partial charge < -0.3 is 20.1 Å². The van der Waals surface area contributed by atoms with Gasteiger partial charge in [0.15, 0.2) is 0 Å². The molecule has 9 heteroatoms. The molecule has 0 saturated heterocycles. The molecule has 1 aromatic rings. The molecular formula is C9H9Cl2N3O4. The molecule has 0 spiro atoms. The van der Waals surface area contributed by atoms with Crippen LogP contribution in [0, 0.1) is 0 Å². The Hall–Kier alpha value is -1.73. The second kappa shape index (κ2) is 6.87. The number of alkyl carbamates (subject to hydrolysis) is 1. The van der Waals surface area contributed by atoms with Crippen molar-refractivity contribution >= 4 is 35.4 Å². The maximum absolute atomic E-state index is 11.3. The van der Waals surface area contributed by atoms with Gasteiger partial charge in [-0.25, -0.2) is 14.6 Å². The van der Waals surface area contributed by atoms with Crippen LogP contribution in [-0.4, -0.2) is 30.9 Å². The predicted molar refractivity (Wildman–Crippen MR) is 63.8 cm³/mol. The minimum atomic E-state index is -0.787. The molecule has 7 nitrogen and oxygen atoms in total. The topological polar surface area (TPSA) is 89.6 Å². The molecule has 18 heavy (non-hydrogen) atoms.